The molecule has 27 heavy (non-hydrogen) atoms. The summed E-state index contributed by atoms with van der Waals surface area (Å²) in [4.78, 5) is 19.6. The number of hydrogen-bond donors (Lipinski definition) is 1. The molecule has 1 aromatic carbocycles. The Morgan fingerprint density at radius 2 is 2.07 bits per heavy atom. The molecule has 1 atom stereocenters. The molecule has 1 saturated heterocycles. The molecule has 0 saturated carbocycles. The van der Waals surface area contributed by atoms with Crippen LogP contribution in [-0.2, 0) is 11.0 Å². The lowest BCUT2D eigenvalue weighted by Crippen LogP contribution is -2.40. The lowest BCUT2D eigenvalue weighted by molar-refractivity contribution is -0.137. The zero-order chi connectivity index (χ0) is 19.3. The molecule has 5 nitrogen and oxygen atoms in total. The predicted octanol–water partition coefficient (Wildman–Crippen LogP) is 3.17. The summed E-state index contributed by atoms with van der Waals surface area (Å²) in [5.74, 6) is 0.525. The van der Waals surface area contributed by atoms with E-state index >= 15 is 0 Å². The van der Waals surface area contributed by atoms with Gasteiger partial charge in [0, 0.05) is 39.6 Å². The van der Waals surface area contributed by atoms with Gasteiger partial charge in [-0.25, -0.2) is 4.99 Å². The first kappa shape index (κ1) is 23.5. The number of hydrogen-bond acceptors (Lipinski definition) is 2. The number of rotatable bonds is 4. The van der Waals surface area contributed by atoms with Gasteiger partial charge in [-0.15, -0.1) is 24.0 Å². The molecule has 0 aromatic heterocycles. The van der Waals surface area contributed by atoms with E-state index in [2.05, 4.69) is 10.3 Å². The minimum Gasteiger partial charge on any atom is -0.357 e. The third-order valence-corrected chi connectivity index (χ3v) is 4.37. The summed E-state index contributed by atoms with van der Waals surface area (Å²) in [6, 6.07) is 5.52. The Hall–Kier alpha value is -1.52. The highest BCUT2D eigenvalue weighted by atomic mass is 127. The molecule has 0 radical (unpaired) electrons. The van der Waals surface area contributed by atoms with E-state index in [4.69, 9.17) is 0 Å². The zero-order valence-corrected chi connectivity index (χ0v) is 18.0. The minimum absolute atomic E-state index is 0. The molecule has 0 aliphatic carbocycles. The van der Waals surface area contributed by atoms with Crippen molar-refractivity contribution >= 4 is 35.8 Å². The maximum atomic E-state index is 12.9. The van der Waals surface area contributed by atoms with Crippen molar-refractivity contribution in [2.75, 3.05) is 40.3 Å². The number of aliphatic imine (C=N–C) groups is 1. The summed E-state index contributed by atoms with van der Waals surface area (Å²) in [5.41, 5.74) is 0.0631. The van der Waals surface area contributed by atoms with Gasteiger partial charge in [0.1, 0.15) is 6.54 Å². The zero-order valence-electron chi connectivity index (χ0n) is 15.7. The summed E-state index contributed by atoms with van der Waals surface area (Å²) in [7, 11) is 3.34. The van der Waals surface area contributed by atoms with Crippen molar-refractivity contribution in [2.24, 2.45) is 4.99 Å². The largest absolute Gasteiger partial charge is 0.416 e. The number of benzene rings is 1. The Balaban J connectivity index is 0.00000364. The van der Waals surface area contributed by atoms with Gasteiger partial charge in [-0.2, -0.15) is 13.2 Å². The molecule has 9 heteroatoms. The van der Waals surface area contributed by atoms with Gasteiger partial charge in [0.15, 0.2) is 5.96 Å². The van der Waals surface area contributed by atoms with Crippen LogP contribution in [0.5, 0.6) is 0 Å². The van der Waals surface area contributed by atoms with E-state index in [9.17, 15) is 18.0 Å². The second-order valence-corrected chi connectivity index (χ2v) is 6.51. The topological polar surface area (TPSA) is 47.9 Å². The van der Waals surface area contributed by atoms with Crippen LogP contribution in [0.1, 0.15) is 30.4 Å². The van der Waals surface area contributed by atoms with Gasteiger partial charge < -0.3 is 15.1 Å². The average Bonchev–Trinajstić information content (AvgIpc) is 3.07. The summed E-state index contributed by atoms with van der Waals surface area (Å²) in [5, 5.41) is 3.15. The average molecular weight is 498 g/mol. The number of amides is 1. The molecule has 152 valence electrons. The molecule has 1 N–H and O–H groups in total. The molecule has 1 aromatic rings. The van der Waals surface area contributed by atoms with Gasteiger partial charge in [-0.3, -0.25) is 4.79 Å². The molecule has 1 heterocycles. The van der Waals surface area contributed by atoms with Gasteiger partial charge in [0.05, 0.1) is 5.56 Å². The molecule has 0 spiro atoms. The summed E-state index contributed by atoms with van der Waals surface area (Å²) in [6.45, 7) is 3.88. The van der Waals surface area contributed by atoms with Crippen LogP contribution in [0.2, 0.25) is 0 Å². The predicted molar refractivity (Wildman–Crippen MR) is 110 cm³/mol. The molecule has 1 unspecified atom stereocenters. The Bertz CT molecular complexity index is 664. The van der Waals surface area contributed by atoms with Crippen molar-refractivity contribution in [2.45, 2.75) is 25.4 Å². The van der Waals surface area contributed by atoms with Crippen LogP contribution in [0.25, 0.3) is 0 Å². The van der Waals surface area contributed by atoms with Crippen LogP contribution in [0.3, 0.4) is 0 Å². The number of likely N-dealkylation sites (tertiary alicyclic amines) is 1. The molecule has 2 rings (SSSR count). The van der Waals surface area contributed by atoms with E-state index in [1.165, 1.54) is 17.0 Å². The van der Waals surface area contributed by atoms with Gasteiger partial charge >= 0.3 is 6.18 Å². The van der Waals surface area contributed by atoms with Crippen molar-refractivity contribution < 1.29 is 18.0 Å². The highest BCUT2D eigenvalue weighted by Crippen LogP contribution is 2.33. The van der Waals surface area contributed by atoms with Crippen molar-refractivity contribution in [1.82, 2.24) is 15.1 Å². The fourth-order valence-corrected chi connectivity index (χ4v) is 2.90. The summed E-state index contributed by atoms with van der Waals surface area (Å²) in [6.07, 6.45) is -3.59. The van der Waals surface area contributed by atoms with Gasteiger partial charge in [0.2, 0.25) is 5.91 Å². The number of nitrogens with zero attached hydrogens (tertiary/aromatic N) is 3. The maximum absolute atomic E-state index is 12.9. The lowest BCUT2D eigenvalue weighted by atomic mass is 9.96. The molecule has 1 amide bonds. The molecular weight excluding hydrogens is 472 g/mol. The van der Waals surface area contributed by atoms with E-state index in [0.29, 0.717) is 31.2 Å². The Morgan fingerprint density at radius 1 is 1.37 bits per heavy atom. The number of likely N-dealkylation sites (N-methyl/N-ethyl adjacent to an activating group) is 1. The molecule has 1 aliphatic rings. The van der Waals surface area contributed by atoms with Crippen LogP contribution in [0, 0.1) is 0 Å². The monoisotopic (exact) mass is 498 g/mol. The first-order valence-electron chi connectivity index (χ1n) is 8.63. The SMILES string of the molecule is CCNC(=NCC(=O)N(C)C)N1CCC(c2cccc(C(F)(F)F)c2)C1.I. The third-order valence-electron chi connectivity index (χ3n) is 4.37. The van der Waals surface area contributed by atoms with E-state index in [0.717, 1.165) is 12.5 Å². The van der Waals surface area contributed by atoms with Gasteiger partial charge in [0.25, 0.3) is 0 Å². The normalized spacial score (nSPS) is 17.5. The molecule has 0 bridgehead atoms. The number of nitrogens with one attached hydrogen (secondary N) is 1. The van der Waals surface area contributed by atoms with E-state index in [1.54, 1.807) is 20.2 Å². The van der Waals surface area contributed by atoms with E-state index in [-0.39, 0.29) is 42.3 Å². The standard InChI is InChI=1S/C18H25F3N4O.HI/c1-4-22-17(23-11-16(26)24(2)3)25-9-8-14(12-25)13-6-5-7-15(10-13)18(19,20)21;/h5-7,10,14H,4,8-9,11-12H2,1-3H3,(H,22,23);1H. The summed E-state index contributed by atoms with van der Waals surface area (Å²) >= 11 is 0. The molecule has 1 fully saturated rings. The first-order valence-corrected chi connectivity index (χ1v) is 8.63. The Labute approximate surface area is 175 Å². The number of guanidine groups is 1. The second-order valence-electron chi connectivity index (χ2n) is 6.51. The van der Waals surface area contributed by atoms with E-state index < -0.39 is 11.7 Å². The van der Waals surface area contributed by atoms with Crippen LogP contribution in [0.4, 0.5) is 13.2 Å². The highest BCUT2D eigenvalue weighted by Gasteiger charge is 2.32. The minimum atomic E-state index is -4.34. The smallest absolute Gasteiger partial charge is 0.357 e. The van der Waals surface area contributed by atoms with Crippen molar-refractivity contribution in [1.29, 1.82) is 0 Å². The number of halogens is 4. The second kappa shape index (κ2) is 10.1. The number of alkyl halides is 3. The maximum Gasteiger partial charge on any atom is 0.416 e. The van der Waals surface area contributed by atoms with Crippen LogP contribution in [-0.4, -0.2) is 61.9 Å². The quantitative estimate of drug-likeness (QED) is 0.395. The van der Waals surface area contributed by atoms with Crippen molar-refractivity contribution in [3.63, 3.8) is 0 Å². The molecule has 1 aliphatic heterocycles. The Kier molecular flexibility index (Phi) is 8.83. The molecular formula is C18H26F3IN4O. The van der Waals surface area contributed by atoms with Crippen LogP contribution >= 0.6 is 24.0 Å². The van der Waals surface area contributed by atoms with Crippen molar-refractivity contribution in [3.05, 3.63) is 35.4 Å². The fraction of sp³-hybridized carbons (Fsp3) is 0.556. The number of carbonyl (C=O) groups is 1. The first-order chi connectivity index (χ1) is 12.2. The van der Waals surface area contributed by atoms with Gasteiger partial charge in [-0.05, 0) is 25.0 Å². The van der Waals surface area contributed by atoms with Crippen molar-refractivity contribution in [3.8, 4) is 0 Å². The Morgan fingerprint density at radius 3 is 2.67 bits per heavy atom. The summed E-state index contributed by atoms with van der Waals surface area (Å²) < 4.78 is 38.8. The van der Waals surface area contributed by atoms with E-state index in [1.807, 2.05) is 11.8 Å². The number of carbonyl (C=O) groups excluding carboxylic acids is 1. The van der Waals surface area contributed by atoms with Gasteiger partial charge in [-0.1, -0.05) is 18.2 Å². The lowest BCUT2D eigenvalue weighted by Gasteiger charge is -2.22. The third kappa shape index (κ3) is 6.54. The fourth-order valence-electron chi connectivity index (χ4n) is 2.90. The highest BCUT2D eigenvalue weighted by molar-refractivity contribution is 14.0. The van der Waals surface area contributed by atoms with Crippen LogP contribution < -0.4 is 5.32 Å². The van der Waals surface area contributed by atoms with Crippen LogP contribution in [0.15, 0.2) is 29.3 Å².